The maximum absolute atomic E-state index is 14.5. The van der Waals surface area contributed by atoms with E-state index in [-0.39, 0.29) is 41.1 Å². The number of halogens is 1. The standard InChI is InChI=1S/C17H17FN6O3/c1-17(8-5-11(8)27-16(19)24-17)14-9(18)3-4-12(22-14)23-15(25)10-6-21-13(26-2)7-20-10/h3-4,6-8,11H,5H2,1-2H3,(H2,19,24)(H,22,23,25)/t8-,11+,17+/m0/s1. The smallest absolute Gasteiger partial charge is 0.283 e. The summed E-state index contributed by atoms with van der Waals surface area (Å²) in [5.74, 6) is -0.600. The zero-order valence-corrected chi connectivity index (χ0v) is 14.6. The summed E-state index contributed by atoms with van der Waals surface area (Å²) in [6.45, 7) is 1.76. The van der Waals surface area contributed by atoms with Crippen LogP contribution in [0, 0.1) is 11.7 Å². The number of hydrogen-bond donors (Lipinski definition) is 2. The normalized spacial score (nSPS) is 25.7. The third-order valence-electron chi connectivity index (χ3n) is 4.71. The van der Waals surface area contributed by atoms with Crippen molar-refractivity contribution in [3.63, 3.8) is 0 Å². The number of nitrogens with one attached hydrogen (secondary N) is 1. The fourth-order valence-electron chi connectivity index (χ4n) is 3.20. The molecule has 9 nitrogen and oxygen atoms in total. The minimum absolute atomic E-state index is 0.00907. The van der Waals surface area contributed by atoms with Crippen molar-refractivity contribution in [3.05, 3.63) is 41.7 Å². The lowest BCUT2D eigenvalue weighted by Gasteiger charge is -2.29. The highest BCUT2D eigenvalue weighted by Crippen LogP contribution is 2.52. The number of amidine groups is 1. The lowest BCUT2D eigenvalue weighted by molar-refractivity contribution is 0.102. The molecule has 0 saturated heterocycles. The van der Waals surface area contributed by atoms with E-state index in [0.29, 0.717) is 0 Å². The Balaban J connectivity index is 1.61. The van der Waals surface area contributed by atoms with Gasteiger partial charge in [0.25, 0.3) is 11.9 Å². The fraction of sp³-hybridized carbons (Fsp3) is 0.353. The van der Waals surface area contributed by atoms with Crippen LogP contribution in [-0.2, 0) is 10.3 Å². The predicted molar refractivity (Wildman–Crippen MR) is 92.7 cm³/mol. The largest absolute Gasteiger partial charge is 0.480 e. The van der Waals surface area contributed by atoms with Crippen LogP contribution in [0.15, 0.2) is 29.5 Å². The number of anilines is 1. The maximum Gasteiger partial charge on any atom is 0.283 e. The summed E-state index contributed by atoms with van der Waals surface area (Å²) < 4.78 is 24.8. The van der Waals surface area contributed by atoms with Gasteiger partial charge in [-0.15, -0.1) is 0 Å². The number of carbonyl (C=O) groups excluding carboxylic acids is 1. The van der Waals surface area contributed by atoms with E-state index in [1.165, 1.54) is 31.6 Å². The quantitative estimate of drug-likeness (QED) is 0.827. The first-order valence-corrected chi connectivity index (χ1v) is 8.27. The van der Waals surface area contributed by atoms with Crippen LogP contribution in [0.1, 0.15) is 29.5 Å². The number of aromatic nitrogens is 3. The summed E-state index contributed by atoms with van der Waals surface area (Å²) in [4.78, 5) is 28.8. The Morgan fingerprint density at radius 1 is 1.41 bits per heavy atom. The Kier molecular flexibility index (Phi) is 3.90. The van der Waals surface area contributed by atoms with Gasteiger partial charge in [0.15, 0.2) is 0 Å². The number of fused-ring (bicyclic) bond motifs is 1. The van der Waals surface area contributed by atoms with Gasteiger partial charge in [-0.05, 0) is 25.5 Å². The highest BCUT2D eigenvalue weighted by Gasteiger charge is 2.58. The number of ether oxygens (including phenoxy) is 2. The minimum atomic E-state index is -0.947. The van der Waals surface area contributed by atoms with Gasteiger partial charge in [-0.3, -0.25) is 4.79 Å². The molecule has 0 radical (unpaired) electrons. The van der Waals surface area contributed by atoms with Crippen molar-refractivity contribution in [3.8, 4) is 5.88 Å². The topological polar surface area (TPSA) is 125 Å². The van der Waals surface area contributed by atoms with E-state index in [1.54, 1.807) is 6.92 Å². The molecule has 0 unspecified atom stereocenters. The molecule has 1 amide bonds. The third-order valence-corrected chi connectivity index (χ3v) is 4.71. The van der Waals surface area contributed by atoms with Crippen molar-refractivity contribution >= 4 is 17.7 Å². The molecule has 27 heavy (non-hydrogen) atoms. The maximum atomic E-state index is 14.5. The summed E-state index contributed by atoms with van der Waals surface area (Å²) in [7, 11) is 1.45. The molecule has 1 fully saturated rings. The number of amides is 1. The van der Waals surface area contributed by atoms with Gasteiger partial charge in [0.05, 0.1) is 19.5 Å². The molecule has 0 spiro atoms. The van der Waals surface area contributed by atoms with Crippen LogP contribution in [0.2, 0.25) is 0 Å². The molecule has 3 N–H and O–H groups in total. The SMILES string of the molecule is COc1cnc(C(=O)Nc2ccc(F)c([C@]3(C)N=C(N)O[C@@H]4C[C@@H]43)n2)cn1. The number of carbonyl (C=O) groups is 1. The van der Waals surface area contributed by atoms with Crippen LogP contribution >= 0.6 is 0 Å². The van der Waals surface area contributed by atoms with Gasteiger partial charge in [0.1, 0.15) is 34.7 Å². The lowest BCUT2D eigenvalue weighted by atomic mass is 9.90. The van der Waals surface area contributed by atoms with Crippen molar-refractivity contribution in [2.45, 2.75) is 25.0 Å². The van der Waals surface area contributed by atoms with Crippen molar-refractivity contribution in [1.29, 1.82) is 0 Å². The van der Waals surface area contributed by atoms with Crippen molar-refractivity contribution in [1.82, 2.24) is 15.0 Å². The van der Waals surface area contributed by atoms with Crippen LogP contribution in [0.25, 0.3) is 0 Å². The van der Waals surface area contributed by atoms with E-state index < -0.39 is 17.3 Å². The highest BCUT2D eigenvalue weighted by atomic mass is 19.1. The average Bonchev–Trinajstić information content (AvgIpc) is 3.43. The summed E-state index contributed by atoms with van der Waals surface area (Å²) in [5.41, 5.74) is 4.95. The molecule has 1 saturated carbocycles. The van der Waals surface area contributed by atoms with Crippen molar-refractivity contribution < 1.29 is 18.7 Å². The molecular weight excluding hydrogens is 355 g/mol. The molecule has 4 rings (SSSR count). The Labute approximate surface area is 153 Å². The molecule has 1 aliphatic carbocycles. The Hall–Kier alpha value is -3.30. The van der Waals surface area contributed by atoms with Crippen LogP contribution in [0.3, 0.4) is 0 Å². The number of hydrogen-bond acceptors (Lipinski definition) is 8. The summed E-state index contributed by atoms with van der Waals surface area (Å²) in [6.07, 6.45) is 3.24. The van der Waals surface area contributed by atoms with Gasteiger partial charge in [-0.1, -0.05) is 0 Å². The number of nitrogens with zero attached hydrogens (tertiary/aromatic N) is 4. The molecule has 2 aliphatic rings. The number of pyridine rings is 1. The van der Waals surface area contributed by atoms with Crippen LogP contribution in [0.5, 0.6) is 5.88 Å². The molecular formula is C17H17FN6O3. The van der Waals surface area contributed by atoms with E-state index in [4.69, 9.17) is 15.2 Å². The van der Waals surface area contributed by atoms with E-state index in [9.17, 15) is 9.18 Å². The first-order chi connectivity index (χ1) is 12.9. The second kappa shape index (κ2) is 6.15. The van der Waals surface area contributed by atoms with Gasteiger partial charge >= 0.3 is 0 Å². The zero-order valence-electron chi connectivity index (χ0n) is 14.6. The Morgan fingerprint density at radius 3 is 2.93 bits per heavy atom. The molecule has 3 heterocycles. The van der Waals surface area contributed by atoms with Crippen molar-refractivity contribution in [2.24, 2.45) is 16.6 Å². The molecule has 3 atom stereocenters. The van der Waals surface area contributed by atoms with Crippen LogP contribution in [0.4, 0.5) is 10.2 Å². The van der Waals surface area contributed by atoms with Gasteiger partial charge < -0.3 is 20.5 Å². The van der Waals surface area contributed by atoms with Crippen LogP contribution in [-0.4, -0.2) is 40.1 Å². The lowest BCUT2D eigenvalue weighted by Crippen LogP contribution is -2.36. The number of aliphatic imine (C=N–C) groups is 1. The van der Waals surface area contributed by atoms with Crippen molar-refractivity contribution in [2.75, 3.05) is 12.4 Å². The van der Waals surface area contributed by atoms with E-state index >= 15 is 0 Å². The highest BCUT2D eigenvalue weighted by molar-refractivity contribution is 6.02. The molecule has 0 aromatic carbocycles. The number of nitrogens with two attached hydrogens (primary N) is 1. The second-order valence-corrected chi connectivity index (χ2v) is 6.52. The second-order valence-electron chi connectivity index (χ2n) is 6.52. The van der Waals surface area contributed by atoms with E-state index in [1.807, 2.05) is 0 Å². The van der Waals surface area contributed by atoms with Gasteiger partial charge in [-0.2, -0.15) is 0 Å². The van der Waals surface area contributed by atoms with E-state index in [2.05, 4.69) is 25.3 Å². The molecule has 140 valence electrons. The summed E-state index contributed by atoms with van der Waals surface area (Å²) in [5, 5.41) is 2.59. The zero-order chi connectivity index (χ0) is 19.2. The van der Waals surface area contributed by atoms with E-state index in [0.717, 1.165) is 6.42 Å². The molecule has 0 bridgehead atoms. The predicted octanol–water partition coefficient (Wildman–Crippen LogP) is 1.22. The minimum Gasteiger partial charge on any atom is -0.480 e. The Bertz CT molecular complexity index is 935. The van der Waals surface area contributed by atoms with Gasteiger partial charge in [-0.25, -0.2) is 24.3 Å². The first-order valence-electron chi connectivity index (χ1n) is 8.27. The van der Waals surface area contributed by atoms with Gasteiger partial charge in [0.2, 0.25) is 5.88 Å². The molecule has 1 aliphatic heterocycles. The molecule has 10 heteroatoms. The molecule has 2 aromatic rings. The fourth-order valence-corrected chi connectivity index (χ4v) is 3.20. The monoisotopic (exact) mass is 372 g/mol. The van der Waals surface area contributed by atoms with Gasteiger partial charge in [0, 0.05) is 5.92 Å². The summed E-state index contributed by atoms with van der Waals surface area (Å²) in [6, 6.07) is 2.62. The number of methoxy groups -OCH3 is 1. The summed E-state index contributed by atoms with van der Waals surface area (Å²) >= 11 is 0. The first kappa shape index (κ1) is 17.1. The molecule has 2 aromatic heterocycles. The number of rotatable bonds is 4. The average molecular weight is 372 g/mol. The van der Waals surface area contributed by atoms with Crippen LogP contribution < -0.4 is 15.8 Å². The third kappa shape index (κ3) is 3.03. The Morgan fingerprint density at radius 2 is 2.22 bits per heavy atom.